The molecule has 0 aromatic heterocycles. The van der Waals surface area contributed by atoms with Gasteiger partial charge in [-0.05, 0) is 12.1 Å². The van der Waals surface area contributed by atoms with Crippen LogP contribution in [0.25, 0.3) is 0 Å². The van der Waals surface area contributed by atoms with Crippen LogP contribution in [0.3, 0.4) is 0 Å². The molecule has 1 rings (SSSR count). The summed E-state index contributed by atoms with van der Waals surface area (Å²) in [4.78, 5) is 10.3. The van der Waals surface area contributed by atoms with Crippen LogP contribution < -0.4 is 15.6 Å². The Labute approximate surface area is 111 Å². The minimum Gasteiger partial charge on any atom is -0.481 e. The van der Waals surface area contributed by atoms with Crippen molar-refractivity contribution in [3.63, 3.8) is 0 Å². The summed E-state index contributed by atoms with van der Waals surface area (Å²) < 4.78 is 27.9. The van der Waals surface area contributed by atoms with Gasteiger partial charge in [-0.2, -0.15) is 0 Å². The van der Waals surface area contributed by atoms with Gasteiger partial charge in [-0.25, -0.2) is 13.6 Å². The van der Waals surface area contributed by atoms with Crippen molar-refractivity contribution in [1.82, 2.24) is 0 Å². The molecule has 9 heteroatoms. The van der Waals surface area contributed by atoms with Gasteiger partial charge in [-0.1, -0.05) is 27.5 Å². The van der Waals surface area contributed by atoms with E-state index in [-0.39, 0.29) is 15.7 Å². The van der Waals surface area contributed by atoms with E-state index >= 15 is 0 Å². The third-order valence-electron chi connectivity index (χ3n) is 1.64. The van der Waals surface area contributed by atoms with Gasteiger partial charge in [0.2, 0.25) is 10.0 Å². The van der Waals surface area contributed by atoms with Gasteiger partial charge in [-0.3, -0.25) is 4.79 Å². The number of hydrogen-bond donors (Lipinski definition) is 2. The largest absolute Gasteiger partial charge is 0.481 e. The Balaban J connectivity index is 3.31. The molecule has 0 fully saturated rings. The number of halogens is 2. The first-order valence-corrected chi connectivity index (χ1v) is 6.86. The predicted octanol–water partition coefficient (Wildman–Crippen LogP) is 0.614. The van der Waals surface area contributed by atoms with Gasteiger partial charge in [-0.15, -0.1) is 0 Å². The number of rotatable bonds is 4. The van der Waals surface area contributed by atoms with Gasteiger partial charge in [0.1, 0.15) is 4.90 Å². The number of benzene rings is 1. The lowest BCUT2D eigenvalue weighted by Gasteiger charge is -2.11. The van der Waals surface area contributed by atoms with Gasteiger partial charge >= 0.3 is 0 Å². The lowest BCUT2D eigenvalue weighted by molar-refractivity contribution is -0.120. The first-order valence-electron chi connectivity index (χ1n) is 4.14. The van der Waals surface area contributed by atoms with E-state index in [1.54, 1.807) is 0 Å². The van der Waals surface area contributed by atoms with Gasteiger partial charge in [0.05, 0.1) is 5.02 Å². The Hall–Kier alpha value is -0.830. The number of carbonyl (C=O) groups excluding carboxylic acids is 1. The van der Waals surface area contributed by atoms with Crippen molar-refractivity contribution in [2.75, 3.05) is 6.61 Å². The molecule has 1 amide bonds. The first-order chi connectivity index (χ1) is 7.71. The van der Waals surface area contributed by atoms with Crippen molar-refractivity contribution in [1.29, 1.82) is 0 Å². The highest BCUT2D eigenvalue weighted by Gasteiger charge is 2.20. The molecule has 0 radical (unpaired) electrons. The van der Waals surface area contributed by atoms with Crippen LogP contribution in [0.2, 0.25) is 5.02 Å². The first kappa shape index (κ1) is 14.2. The van der Waals surface area contributed by atoms with E-state index in [4.69, 9.17) is 27.2 Å². The molecule has 6 nitrogen and oxygen atoms in total. The molecule has 0 aliphatic carbocycles. The van der Waals surface area contributed by atoms with E-state index in [9.17, 15) is 13.2 Å². The summed E-state index contributed by atoms with van der Waals surface area (Å²) in [5.41, 5.74) is 4.88. The number of carbonyl (C=O) groups is 1. The minimum absolute atomic E-state index is 0.00431. The molecule has 17 heavy (non-hydrogen) atoms. The normalized spacial score (nSPS) is 11.2. The molecule has 0 unspecified atom stereocenters. The maximum absolute atomic E-state index is 11.3. The average molecular weight is 344 g/mol. The molecule has 0 heterocycles. The lowest BCUT2D eigenvalue weighted by atomic mass is 10.3. The van der Waals surface area contributed by atoms with Crippen molar-refractivity contribution < 1.29 is 17.9 Å². The zero-order valence-electron chi connectivity index (χ0n) is 8.31. The number of primary amides is 1. The van der Waals surface area contributed by atoms with Crippen molar-refractivity contribution in [3.05, 3.63) is 21.6 Å². The fourth-order valence-electron chi connectivity index (χ4n) is 1.03. The maximum atomic E-state index is 11.3. The Bertz CT molecular complexity index is 561. The second kappa shape index (κ2) is 5.21. The van der Waals surface area contributed by atoms with Crippen LogP contribution in [0, 0.1) is 0 Å². The summed E-state index contributed by atoms with van der Waals surface area (Å²) in [6.07, 6.45) is 0. The molecular weight excluding hydrogens is 336 g/mol. The van der Waals surface area contributed by atoms with Crippen LogP contribution in [-0.4, -0.2) is 20.9 Å². The summed E-state index contributed by atoms with van der Waals surface area (Å²) in [6, 6.07) is 2.63. The van der Waals surface area contributed by atoms with Crippen LogP contribution >= 0.6 is 27.5 Å². The van der Waals surface area contributed by atoms with Gasteiger partial charge in [0.15, 0.2) is 12.4 Å². The van der Waals surface area contributed by atoms with Crippen LogP contribution in [-0.2, 0) is 14.8 Å². The molecule has 0 atom stereocenters. The second-order valence-corrected chi connectivity index (χ2v) is 5.87. The number of ether oxygens (including phenoxy) is 1. The standard InChI is InChI=1S/C8H8BrClN2O4S/c9-4-1-5(10)8(16-3-7(11)13)6(2-4)17(12,14)15/h1-2H,3H2,(H2,11,13)(H2,12,14,15). The third-order valence-corrected chi connectivity index (χ3v) is 3.29. The summed E-state index contributed by atoms with van der Waals surface area (Å²) >= 11 is 8.87. The van der Waals surface area contributed by atoms with E-state index in [0.29, 0.717) is 4.47 Å². The zero-order chi connectivity index (χ0) is 13.2. The van der Waals surface area contributed by atoms with E-state index in [1.807, 2.05) is 0 Å². The molecule has 1 aromatic carbocycles. The molecule has 0 bridgehead atoms. The van der Waals surface area contributed by atoms with Crippen molar-refractivity contribution in [2.24, 2.45) is 10.9 Å². The quantitative estimate of drug-likeness (QED) is 0.834. The number of hydrogen-bond acceptors (Lipinski definition) is 4. The summed E-state index contributed by atoms with van der Waals surface area (Å²) in [5.74, 6) is -0.958. The molecule has 0 aliphatic rings. The highest BCUT2D eigenvalue weighted by molar-refractivity contribution is 9.10. The summed E-state index contributed by atoms with van der Waals surface area (Å²) in [5, 5.41) is 5.00. The van der Waals surface area contributed by atoms with E-state index in [1.165, 1.54) is 12.1 Å². The Morgan fingerprint density at radius 1 is 1.47 bits per heavy atom. The molecule has 1 aromatic rings. The number of primary sulfonamides is 1. The van der Waals surface area contributed by atoms with Crippen molar-refractivity contribution in [3.8, 4) is 5.75 Å². The fourth-order valence-corrected chi connectivity index (χ4v) is 2.82. The van der Waals surface area contributed by atoms with Gasteiger partial charge in [0, 0.05) is 4.47 Å². The SMILES string of the molecule is NC(=O)COc1c(Cl)cc(Br)cc1S(N)(=O)=O. The molecule has 4 N–H and O–H groups in total. The zero-order valence-corrected chi connectivity index (χ0v) is 11.5. The summed E-state index contributed by atoms with van der Waals surface area (Å²) in [6.45, 7) is -0.496. The molecule has 0 spiro atoms. The van der Waals surface area contributed by atoms with Crippen LogP contribution in [0.1, 0.15) is 0 Å². The van der Waals surface area contributed by atoms with Gasteiger partial charge in [0.25, 0.3) is 5.91 Å². The number of sulfonamides is 1. The smallest absolute Gasteiger partial charge is 0.255 e. The topological polar surface area (TPSA) is 112 Å². The van der Waals surface area contributed by atoms with Crippen molar-refractivity contribution in [2.45, 2.75) is 4.90 Å². The van der Waals surface area contributed by atoms with Crippen LogP contribution in [0.15, 0.2) is 21.5 Å². The molecule has 0 saturated heterocycles. The molecular formula is C8H8BrClN2O4S. The number of amides is 1. The highest BCUT2D eigenvalue weighted by Crippen LogP contribution is 2.34. The van der Waals surface area contributed by atoms with E-state index in [2.05, 4.69) is 15.9 Å². The molecule has 0 aliphatic heterocycles. The summed E-state index contributed by atoms with van der Waals surface area (Å²) in [7, 11) is -4.02. The van der Waals surface area contributed by atoms with E-state index < -0.39 is 22.5 Å². The van der Waals surface area contributed by atoms with Gasteiger partial charge < -0.3 is 10.5 Å². The van der Waals surface area contributed by atoms with Crippen LogP contribution in [0.5, 0.6) is 5.75 Å². The monoisotopic (exact) mass is 342 g/mol. The minimum atomic E-state index is -4.02. The Morgan fingerprint density at radius 2 is 2.06 bits per heavy atom. The third kappa shape index (κ3) is 3.84. The second-order valence-electron chi connectivity index (χ2n) is 3.01. The van der Waals surface area contributed by atoms with E-state index in [0.717, 1.165) is 0 Å². The maximum Gasteiger partial charge on any atom is 0.255 e. The lowest BCUT2D eigenvalue weighted by Crippen LogP contribution is -2.22. The predicted molar refractivity (Wildman–Crippen MR) is 65.2 cm³/mol. The molecule has 0 saturated carbocycles. The average Bonchev–Trinajstić information content (AvgIpc) is 2.13. The molecule has 94 valence electrons. The Kier molecular flexibility index (Phi) is 4.36. The Morgan fingerprint density at radius 3 is 2.53 bits per heavy atom. The fraction of sp³-hybridized carbons (Fsp3) is 0.125. The number of nitrogens with two attached hydrogens (primary N) is 2. The highest BCUT2D eigenvalue weighted by atomic mass is 79.9. The van der Waals surface area contributed by atoms with Crippen molar-refractivity contribution >= 4 is 43.5 Å². The van der Waals surface area contributed by atoms with Crippen LogP contribution in [0.4, 0.5) is 0 Å².